The molecule has 0 spiro atoms. The van der Waals surface area contributed by atoms with Crippen molar-refractivity contribution < 1.29 is 9.53 Å². The summed E-state index contributed by atoms with van der Waals surface area (Å²) in [6, 6.07) is 11.3. The van der Waals surface area contributed by atoms with Crippen molar-refractivity contribution in [3.05, 3.63) is 81.7 Å². The fourth-order valence-electron chi connectivity index (χ4n) is 4.92. The molecule has 0 aliphatic carbocycles. The van der Waals surface area contributed by atoms with E-state index in [0.717, 1.165) is 52.4 Å². The number of carbonyl (C=O) groups excluding carboxylic acids is 1. The molecule has 194 valence electrons. The first-order valence-electron chi connectivity index (χ1n) is 12.6. The van der Waals surface area contributed by atoms with Gasteiger partial charge in [-0.3, -0.25) is 9.78 Å². The Morgan fingerprint density at radius 2 is 2.08 bits per heavy atom. The van der Waals surface area contributed by atoms with Gasteiger partial charge in [-0.15, -0.1) is 11.3 Å². The number of halogens is 1. The Bertz CT molecular complexity index is 1520. The Morgan fingerprint density at radius 3 is 2.89 bits per heavy atom. The molecule has 0 unspecified atom stereocenters. The van der Waals surface area contributed by atoms with Gasteiger partial charge in [-0.2, -0.15) is 0 Å². The number of likely N-dealkylation sites (N-methyl/N-ethyl adjacent to an activating group) is 1. The number of nitrogens with one attached hydrogen (secondary N) is 1. The molecule has 8 nitrogen and oxygen atoms in total. The van der Waals surface area contributed by atoms with Crippen molar-refractivity contribution in [3.8, 4) is 5.75 Å². The molecule has 4 aromatic rings. The molecule has 0 radical (unpaired) electrons. The number of hydrogen-bond acceptors (Lipinski definition) is 8. The Balaban J connectivity index is 1.20. The molecule has 0 bridgehead atoms. The van der Waals surface area contributed by atoms with E-state index in [9.17, 15) is 4.79 Å². The Kier molecular flexibility index (Phi) is 6.97. The van der Waals surface area contributed by atoms with E-state index in [1.165, 1.54) is 10.4 Å². The molecule has 38 heavy (non-hydrogen) atoms. The van der Waals surface area contributed by atoms with E-state index < -0.39 is 0 Å². The first-order valence-corrected chi connectivity index (χ1v) is 13.8. The summed E-state index contributed by atoms with van der Waals surface area (Å²) >= 11 is 8.17. The third kappa shape index (κ3) is 5.09. The molecule has 6 rings (SSSR count). The van der Waals surface area contributed by atoms with E-state index in [4.69, 9.17) is 16.3 Å². The summed E-state index contributed by atoms with van der Waals surface area (Å²) in [4.78, 5) is 32.8. The number of rotatable bonds is 6. The van der Waals surface area contributed by atoms with Crippen LogP contribution in [0.15, 0.2) is 60.6 Å². The van der Waals surface area contributed by atoms with Crippen molar-refractivity contribution >= 4 is 50.6 Å². The highest BCUT2D eigenvalue weighted by Crippen LogP contribution is 2.39. The number of benzene rings is 1. The zero-order valence-electron chi connectivity index (χ0n) is 21.0. The maximum Gasteiger partial charge on any atom is 0.251 e. The van der Waals surface area contributed by atoms with Gasteiger partial charge in [-0.05, 0) is 55.8 Å². The predicted octanol–water partition coefficient (Wildman–Crippen LogP) is 5.21. The molecule has 0 fully saturated rings. The second-order valence-corrected chi connectivity index (χ2v) is 11.0. The largest absolute Gasteiger partial charge is 0.486 e. The maximum atomic E-state index is 13.2. The van der Waals surface area contributed by atoms with Gasteiger partial charge in [-0.1, -0.05) is 23.7 Å². The molecule has 0 atom stereocenters. The van der Waals surface area contributed by atoms with Crippen LogP contribution in [0.25, 0.3) is 10.2 Å². The van der Waals surface area contributed by atoms with Gasteiger partial charge in [0.1, 0.15) is 29.3 Å². The summed E-state index contributed by atoms with van der Waals surface area (Å²) < 4.78 is 5.85. The van der Waals surface area contributed by atoms with Crippen LogP contribution >= 0.6 is 22.9 Å². The lowest BCUT2D eigenvalue weighted by Gasteiger charge is -2.30. The normalized spacial score (nSPS) is 15.7. The van der Waals surface area contributed by atoms with Gasteiger partial charge in [0, 0.05) is 42.0 Å². The molecule has 2 aliphatic rings. The van der Waals surface area contributed by atoms with Crippen molar-refractivity contribution in [3.63, 3.8) is 0 Å². The van der Waals surface area contributed by atoms with E-state index >= 15 is 0 Å². The Morgan fingerprint density at radius 1 is 1.16 bits per heavy atom. The number of anilines is 2. The number of aromatic nitrogens is 3. The van der Waals surface area contributed by atoms with Crippen LogP contribution in [0, 0.1) is 0 Å². The average Bonchev–Trinajstić information content (AvgIpc) is 3.31. The molecule has 0 saturated carbocycles. The lowest BCUT2D eigenvalue weighted by Crippen LogP contribution is -2.40. The molecule has 1 N–H and O–H groups in total. The van der Waals surface area contributed by atoms with Crippen molar-refractivity contribution in [2.24, 2.45) is 0 Å². The van der Waals surface area contributed by atoms with Crippen LogP contribution in [-0.2, 0) is 24.4 Å². The van der Waals surface area contributed by atoms with Gasteiger partial charge in [0.25, 0.3) is 5.91 Å². The molecule has 2 aliphatic heterocycles. The maximum absolute atomic E-state index is 13.2. The van der Waals surface area contributed by atoms with Crippen LogP contribution < -0.4 is 10.1 Å². The highest BCUT2D eigenvalue weighted by molar-refractivity contribution is 7.19. The first-order chi connectivity index (χ1) is 18.5. The number of thiophene rings is 1. The van der Waals surface area contributed by atoms with Crippen LogP contribution in [0.1, 0.15) is 22.6 Å². The SMILES string of the molecule is CN1CCC=C(C(=O)N2CCc3c(sc4ncnc(Nc5ccc(OCc6ccccn6)c(Cl)c5)c34)C2)C1. The van der Waals surface area contributed by atoms with Gasteiger partial charge < -0.3 is 19.9 Å². The summed E-state index contributed by atoms with van der Waals surface area (Å²) in [5.74, 6) is 1.47. The predicted molar refractivity (Wildman–Crippen MR) is 150 cm³/mol. The van der Waals surface area contributed by atoms with Crippen LogP contribution in [-0.4, -0.2) is 57.3 Å². The highest BCUT2D eigenvalue weighted by Gasteiger charge is 2.28. The summed E-state index contributed by atoms with van der Waals surface area (Å²) in [5.41, 5.74) is 3.75. The smallest absolute Gasteiger partial charge is 0.251 e. The van der Waals surface area contributed by atoms with Crippen molar-refractivity contribution in [1.29, 1.82) is 0 Å². The number of hydrogen-bond donors (Lipinski definition) is 1. The Hall–Kier alpha value is -3.53. The molecular formula is C28H27ClN6O2S. The summed E-state index contributed by atoms with van der Waals surface area (Å²) in [7, 11) is 2.06. The minimum absolute atomic E-state index is 0.143. The zero-order chi connectivity index (χ0) is 26.1. The second kappa shape index (κ2) is 10.7. The third-order valence-electron chi connectivity index (χ3n) is 6.84. The first kappa shape index (κ1) is 24.8. The van der Waals surface area contributed by atoms with Gasteiger partial charge in [-0.25, -0.2) is 9.97 Å². The van der Waals surface area contributed by atoms with Crippen molar-refractivity contribution in [2.75, 3.05) is 32.0 Å². The monoisotopic (exact) mass is 546 g/mol. The fourth-order valence-corrected chi connectivity index (χ4v) is 6.35. The highest BCUT2D eigenvalue weighted by atomic mass is 35.5. The number of fused-ring (bicyclic) bond motifs is 3. The summed E-state index contributed by atoms with van der Waals surface area (Å²) in [5, 5.41) is 4.94. The standard InChI is InChI=1S/C28H27ClN6O2S/c1-34-11-4-5-18(14-34)28(36)35-12-9-21-24(15-35)38-27-25(21)26(31-17-32-27)33-19-7-8-23(22(29)13-19)37-16-20-6-2-3-10-30-20/h2-3,5-8,10,13,17H,4,9,11-12,14-16H2,1H3,(H,31,32,33). The Labute approximate surface area is 229 Å². The number of pyridine rings is 1. The third-order valence-corrected chi connectivity index (χ3v) is 8.26. The quantitative estimate of drug-likeness (QED) is 0.355. The molecule has 5 heterocycles. The molecule has 0 saturated heterocycles. The molecule has 3 aromatic heterocycles. The van der Waals surface area contributed by atoms with E-state index in [0.29, 0.717) is 37.0 Å². The fraction of sp³-hybridized carbons (Fsp3) is 0.286. The van der Waals surface area contributed by atoms with E-state index in [1.54, 1.807) is 23.9 Å². The van der Waals surface area contributed by atoms with Gasteiger partial charge in [0.15, 0.2) is 0 Å². The van der Waals surface area contributed by atoms with Crippen molar-refractivity contribution in [1.82, 2.24) is 24.8 Å². The number of ether oxygens (including phenoxy) is 1. The van der Waals surface area contributed by atoms with E-state index in [1.807, 2.05) is 41.3 Å². The lowest BCUT2D eigenvalue weighted by atomic mass is 10.0. The number of nitrogens with zero attached hydrogens (tertiary/aromatic N) is 5. The lowest BCUT2D eigenvalue weighted by molar-refractivity contribution is -0.128. The van der Waals surface area contributed by atoms with Gasteiger partial charge in [0.05, 0.1) is 22.6 Å². The zero-order valence-corrected chi connectivity index (χ0v) is 22.6. The van der Waals surface area contributed by atoms with E-state index in [-0.39, 0.29) is 5.91 Å². The van der Waals surface area contributed by atoms with Crippen LogP contribution in [0.2, 0.25) is 5.02 Å². The molecule has 1 amide bonds. The molecular weight excluding hydrogens is 520 g/mol. The average molecular weight is 547 g/mol. The molecule has 1 aromatic carbocycles. The second-order valence-electron chi connectivity index (χ2n) is 9.52. The summed E-state index contributed by atoms with van der Waals surface area (Å²) in [6.07, 6.45) is 7.10. The summed E-state index contributed by atoms with van der Waals surface area (Å²) in [6.45, 7) is 3.33. The van der Waals surface area contributed by atoms with Gasteiger partial charge >= 0.3 is 0 Å². The molecule has 10 heteroatoms. The minimum Gasteiger partial charge on any atom is -0.486 e. The van der Waals surface area contributed by atoms with Crippen LogP contribution in [0.3, 0.4) is 0 Å². The van der Waals surface area contributed by atoms with Crippen LogP contribution in [0.5, 0.6) is 5.75 Å². The van der Waals surface area contributed by atoms with Gasteiger partial charge in [0.2, 0.25) is 0 Å². The minimum atomic E-state index is 0.143. The van der Waals surface area contributed by atoms with Crippen molar-refractivity contribution in [2.45, 2.75) is 26.0 Å². The van der Waals surface area contributed by atoms with E-state index in [2.05, 4.69) is 38.3 Å². The number of carbonyl (C=O) groups is 1. The topological polar surface area (TPSA) is 83.5 Å². The number of amides is 1. The van der Waals surface area contributed by atoms with Crippen LogP contribution in [0.4, 0.5) is 11.5 Å².